The van der Waals surface area contributed by atoms with Gasteiger partial charge < -0.3 is 0 Å². The third-order valence-electron chi connectivity index (χ3n) is 5.31. The van der Waals surface area contributed by atoms with E-state index in [1.54, 1.807) is 0 Å². The van der Waals surface area contributed by atoms with Gasteiger partial charge in [-0.05, 0) is 49.7 Å². The Kier molecular flexibility index (Phi) is 11.2. The molecule has 0 fully saturated rings. The molecule has 2 atom stereocenters. The molecule has 0 saturated carbocycles. The molecular weight excluding hydrogens is 395 g/mol. The maximum absolute atomic E-state index is 2.35. The van der Waals surface area contributed by atoms with Crippen molar-refractivity contribution in [1.29, 1.82) is 0 Å². The molecule has 4 rings (SSSR count). The van der Waals surface area contributed by atoms with Gasteiger partial charge in [-0.15, -0.1) is 0 Å². The first-order valence-corrected chi connectivity index (χ1v) is 10.7. The maximum Gasteiger partial charge on any atom is 0.00524 e. The van der Waals surface area contributed by atoms with Crippen LogP contribution < -0.4 is 0 Å². The molecule has 1 heteroatoms. The molecular formula is C28H32Ni. The minimum Gasteiger partial charge on any atom is -0.0882 e. The number of hydrogen-bond donors (Lipinski definition) is 0. The third kappa shape index (κ3) is 8.42. The molecule has 0 spiro atoms. The van der Waals surface area contributed by atoms with Gasteiger partial charge in [0.2, 0.25) is 0 Å². The second-order valence-corrected chi connectivity index (χ2v) is 7.46. The fraction of sp³-hybridized carbons (Fsp3) is 0.286. The summed E-state index contributed by atoms with van der Waals surface area (Å²) in [7, 11) is 0. The van der Waals surface area contributed by atoms with E-state index in [4.69, 9.17) is 0 Å². The fourth-order valence-electron chi connectivity index (χ4n) is 3.68. The Morgan fingerprint density at radius 2 is 0.828 bits per heavy atom. The normalized spacial score (nSPS) is 20.8. The van der Waals surface area contributed by atoms with Gasteiger partial charge in [0.05, 0.1) is 0 Å². The van der Waals surface area contributed by atoms with Crippen LogP contribution in [0.25, 0.3) is 0 Å². The molecule has 0 radical (unpaired) electrons. The maximum atomic E-state index is 2.35. The van der Waals surface area contributed by atoms with E-state index in [2.05, 4.69) is 109 Å². The van der Waals surface area contributed by atoms with Crippen LogP contribution in [0.3, 0.4) is 0 Å². The molecule has 0 heterocycles. The molecule has 0 aliphatic heterocycles. The first kappa shape index (κ1) is 23.2. The van der Waals surface area contributed by atoms with Crippen LogP contribution in [0, 0.1) is 0 Å². The molecule has 0 amide bonds. The molecule has 0 saturated heterocycles. The average Bonchev–Trinajstić information content (AvgIpc) is 2.69. The Balaban J connectivity index is 0.000000200. The zero-order valence-electron chi connectivity index (χ0n) is 17.1. The van der Waals surface area contributed by atoms with Gasteiger partial charge in [-0.1, -0.05) is 109 Å². The number of benzene rings is 2. The van der Waals surface area contributed by atoms with Gasteiger partial charge in [0.25, 0.3) is 0 Å². The number of rotatable bonds is 2. The van der Waals surface area contributed by atoms with Crippen LogP contribution in [-0.4, -0.2) is 0 Å². The summed E-state index contributed by atoms with van der Waals surface area (Å²) in [5.74, 6) is 1.15. The van der Waals surface area contributed by atoms with Crippen LogP contribution in [0.4, 0.5) is 0 Å². The number of hydrogen-bond acceptors (Lipinski definition) is 0. The zero-order valence-corrected chi connectivity index (χ0v) is 18.1. The minimum absolute atomic E-state index is 0. The van der Waals surface area contributed by atoms with Gasteiger partial charge >= 0.3 is 0 Å². The second kappa shape index (κ2) is 14.0. The monoisotopic (exact) mass is 426 g/mol. The summed E-state index contributed by atoms with van der Waals surface area (Å²) < 4.78 is 0. The Labute approximate surface area is 187 Å². The van der Waals surface area contributed by atoms with E-state index in [1.807, 2.05) is 0 Å². The summed E-state index contributed by atoms with van der Waals surface area (Å²) in [6.45, 7) is 0. The fourth-order valence-corrected chi connectivity index (χ4v) is 3.68. The van der Waals surface area contributed by atoms with Gasteiger partial charge in [-0.3, -0.25) is 0 Å². The van der Waals surface area contributed by atoms with E-state index < -0.39 is 0 Å². The van der Waals surface area contributed by atoms with Crippen molar-refractivity contribution in [3.8, 4) is 0 Å². The molecule has 2 aromatic carbocycles. The van der Waals surface area contributed by atoms with Crippen molar-refractivity contribution < 1.29 is 16.5 Å². The van der Waals surface area contributed by atoms with E-state index >= 15 is 0 Å². The van der Waals surface area contributed by atoms with Crippen molar-refractivity contribution >= 4 is 0 Å². The van der Waals surface area contributed by atoms with Gasteiger partial charge in [-0.2, -0.15) is 0 Å². The minimum atomic E-state index is 0. The predicted octanol–water partition coefficient (Wildman–Crippen LogP) is 8.13. The quantitative estimate of drug-likeness (QED) is 0.335. The summed E-state index contributed by atoms with van der Waals surface area (Å²) >= 11 is 0. The van der Waals surface area contributed by atoms with Crippen molar-refractivity contribution in [3.63, 3.8) is 0 Å². The summed E-state index contributed by atoms with van der Waals surface area (Å²) in [4.78, 5) is 0. The average molecular weight is 427 g/mol. The molecule has 154 valence electrons. The van der Waals surface area contributed by atoms with Crippen molar-refractivity contribution in [3.05, 3.63) is 120 Å². The van der Waals surface area contributed by atoms with Crippen LogP contribution in [0.15, 0.2) is 109 Å². The van der Waals surface area contributed by atoms with Crippen molar-refractivity contribution in [1.82, 2.24) is 0 Å². The number of allylic oxidation sites excluding steroid dienone is 8. The summed E-state index contributed by atoms with van der Waals surface area (Å²) in [6.07, 6.45) is 25.5. The van der Waals surface area contributed by atoms with Gasteiger partial charge in [-0.25, -0.2) is 0 Å². The van der Waals surface area contributed by atoms with Crippen LogP contribution in [-0.2, 0) is 16.5 Å². The van der Waals surface area contributed by atoms with Gasteiger partial charge in [0.1, 0.15) is 0 Å². The first-order valence-electron chi connectivity index (χ1n) is 10.7. The Bertz CT molecular complexity index is 714. The molecule has 29 heavy (non-hydrogen) atoms. The Hall–Kier alpha value is -2.11. The van der Waals surface area contributed by atoms with Crippen LogP contribution in [0.5, 0.6) is 0 Å². The largest absolute Gasteiger partial charge is 0.0882 e. The topological polar surface area (TPSA) is 0 Å². The van der Waals surface area contributed by atoms with Crippen molar-refractivity contribution in [2.75, 3.05) is 0 Å². The predicted molar refractivity (Wildman–Crippen MR) is 123 cm³/mol. The molecule has 0 N–H and O–H groups in total. The van der Waals surface area contributed by atoms with Crippen molar-refractivity contribution in [2.24, 2.45) is 0 Å². The van der Waals surface area contributed by atoms with Crippen LogP contribution in [0.2, 0.25) is 0 Å². The molecule has 2 unspecified atom stereocenters. The van der Waals surface area contributed by atoms with E-state index in [0.717, 1.165) is 12.8 Å². The molecule has 2 aliphatic carbocycles. The molecule has 0 aromatic heterocycles. The summed E-state index contributed by atoms with van der Waals surface area (Å²) in [6, 6.07) is 21.5. The summed E-state index contributed by atoms with van der Waals surface area (Å²) in [5.41, 5.74) is 2.85. The molecule has 2 aliphatic rings. The van der Waals surface area contributed by atoms with Gasteiger partial charge in [0.15, 0.2) is 0 Å². The van der Waals surface area contributed by atoms with E-state index in [0.29, 0.717) is 11.8 Å². The Morgan fingerprint density at radius 1 is 0.448 bits per heavy atom. The molecule has 0 bridgehead atoms. The van der Waals surface area contributed by atoms with E-state index in [1.165, 1.54) is 36.8 Å². The summed E-state index contributed by atoms with van der Waals surface area (Å²) in [5, 5.41) is 0. The van der Waals surface area contributed by atoms with Crippen LogP contribution >= 0.6 is 0 Å². The third-order valence-corrected chi connectivity index (χ3v) is 5.31. The smallest absolute Gasteiger partial charge is 0.00524 e. The van der Waals surface area contributed by atoms with E-state index in [9.17, 15) is 0 Å². The standard InChI is InChI=1S/2C14H16.Ni/c2*1-2-5-9-13(10-6-3-1)14-11-7-4-8-12-14;/h2*2,4-8,10-13H,1,3,9H2;. The Morgan fingerprint density at radius 3 is 1.24 bits per heavy atom. The first-order chi connectivity index (χ1) is 13.9. The SMILES string of the molecule is C1=CCC(c2ccccc2)C=CCC1.C1=CCC(c2ccccc2)C=CCC1.[Ni]. The van der Waals surface area contributed by atoms with E-state index in [-0.39, 0.29) is 16.5 Å². The second-order valence-electron chi connectivity index (χ2n) is 7.46. The molecule has 0 nitrogen and oxygen atoms in total. The van der Waals surface area contributed by atoms with Crippen molar-refractivity contribution in [2.45, 2.75) is 50.4 Å². The van der Waals surface area contributed by atoms with Gasteiger partial charge in [0, 0.05) is 28.3 Å². The molecule has 2 aromatic rings. The zero-order chi connectivity index (χ0) is 19.3. The van der Waals surface area contributed by atoms with Crippen LogP contribution in [0.1, 0.15) is 61.5 Å².